The molecule has 6 heteroatoms. The SMILES string of the molecule is CC(C)(C)[Si](Cc1ccccc1)(OC(=O)[C@H](Cc1ccccc1)NC(=O)[C@@H](N)Cc1ccccc1)C(C)(C)C. The summed E-state index contributed by atoms with van der Waals surface area (Å²) in [4.78, 5) is 27.4. The van der Waals surface area contributed by atoms with Crippen LogP contribution in [-0.2, 0) is 32.9 Å². The Morgan fingerprint density at radius 2 is 1.13 bits per heavy atom. The molecule has 0 aromatic heterocycles. The molecule has 3 aromatic rings. The second-order valence-electron chi connectivity index (χ2n) is 12.5. The molecular weight excluding hydrogens is 500 g/mol. The molecular formula is C33H44N2O3Si. The Kier molecular flexibility index (Phi) is 9.91. The predicted molar refractivity (Wildman–Crippen MR) is 162 cm³/mol. The number of amides is 1. The summed E-state index contributed by atoms with van der Waals surface area (Å²) in [6.07, 6.45) is 0.712. The van der Waals surface area contributed by atoms with Gasteiger partial charge in [0.1, 0.15) is 6.04 Å². The van der Waals surface area contributed by atoms with E-state index in [1.165, 1.54) is 0 Å². The average Bonchev–Trinajstić information content (AvgIpc) is 2.88. The molecule has 39 heavy (non-hydrogen) atoms. The van der Waals surface area contributed by atoms with Crippen molar-refractivity contribution in [2.45, 2.75) is 82.6 Å². The quantitative estimate of drug-likeness (QED) is 0.300. The van der Waals surface area contributed by atoms with Crippen molar-refractivity contribution in [1.82, 2.24) is 5.32 Å². The van der Waals surface area contributed by atoms with E-state index < -0.39 is 26.4 Å². The Balaban J connectivity index is 1.93. The van der Waals surface area contributed by atoms with Crippen molar-refractivity contribution in [2.24, 2.45) is 5.73 Å². The fourth-order valence-electron chi connectivity index (χ4n) is 5.41. The van der Waals surface area contributed by atoms with Crippen molar-refractivity contribution < 1.29 is 14.0 Å². The van der Waals surface area contributed by atoms with Crippen LogP contribution in [0.25, 0.3) is 0 Å². The van der Waals surface area contributed by atoms with Crippen molar-refractivity contribution >= 4 is 20.2 Å². The summed E-state index contributed by atoms with van der Waals surface area (Å²) in [6, 6.07) is 28.7. The van der Waals surface area contributed by atoms with Crippen LogP contribution in [0.4, 0.5) is 0 Å². The van der Waals surface area contributed by atoms with Crippen LogP contribution in [0, 0.1) is 0 Å². The molecule has 3 rings (SSSR count). The average molecular weight is 545 g/mol. The lowest BCUT2D eigenvalue weighted by molar-refractivity contribution is -0.141. The standard InChI is InChI=1S/C33H44N2O3Si/c1-32(2,3)39(33(4,5)6,24-27-20-14-9-15-21-27)38-31(37)29(23-26-18-12-8-13-19-26)35-30(36)28(34)22-25-16-10-7-11-17-25/h7-21,28-29H,22-24,34H2,1-6H3,(H,35,36)/t28-,29-/m0/s1. The fraction of sp³-hybridized carbons (Fsp3) is 0.394. The van der Waals surface area contributed by atoms with Gasteiger partial charge < -0.3 is 15.5 Å². The van der Waals surface area contributed by atoms with Gasteiger partial charge in [-0.25, -0.2) is 0 Å². The zero-order chi connectivity index (χ0) is 28.7. The molecule has 0 aliphatic rings. The molecule has 0 saturated carbocycles. The minimum atomic E-state index is -2.85. The Morgan fingerprint density at radius 3 is 1.56 bits per heavy atom. The maximum Gasteiger partial charge on any atom is 0.315 e. The first-order chi connectivity index (χ1) is 18.3. The summed E-state index contributed by atoms with van der Waals surface area (Å²) in [7, 11) is -2.85. The molecule has 0 aliphatic carbocycles. The molecule has 3 N–H and O–H groups in total. The number of rotatable bonds is 10. The van der Waals surface area contributed by atoms with E-state index in [4.69, 9.17) is 10.2 Å². The van der Waals surface area contributed by atoms with Gasteiger partial charge >= 0.3 is 5.97 Å². The van der Waals surface area contributed by atoms with Crippen LogP contribution in [0.3, 0.4) is 0 Å². The van der Waals surface area contributed by atoms with Gasteiger partial charge in [-0.1, -0.05) is 133 Å². The lowest BCUT2D eigenvalue weighted by Gasteiger charge is -2.50. The van der Waals surface area contributed by atoms with Crippen molar-refractivity contribution in [3.63, 3.8) is 0 Å². The minimum absolute atomic E-state index is 0.262. The van der Waals surface area contributed by atoms with Gasteiger partial charge in [-0.15, -0.1) is 0 Å². The van der Waals surface area contributed by atoms with Crippen LogP contribution >= 0.6 is 0 Å². The molecule has 2 atom stereocenters. The summed E-state index contributed by atoms with van der Waals surface area (Å²) < 4.78 is 6.75. The molecule has 3 aromatic carbocycles. The minimum Gasteiger partial charge on any atom is -0.516 e. The monoisotopic (exact) mass is 544 g/mol. The summed E-state index contributed by atoms with van der Waals surface area (Å²) in [5.41, 5.74) is 9.36. The van der Waals surface area contributed by atoms with Crippen LogP contribution in [0.1, 0.15) is 58.2 Å². The summed E-state index contributed by atoms with van der Waals surface area (Å²) in [5, 5.41) is 2.43. The first-order valence-corrected chi connectivity index (χ1v) is 15.8. The fourth-order valence-corrected chi connectivity index (χ4v) is 10.7. The normalized spacial score (nSPS) is 13.8. The first kappa shape index (κ1) is 30.3. The van der Waals surface area contributed by atoms with Crippen molar-refractivity contribution in [1.29, 1.82) is 0 Å². The molecule has 0 radical (unpaired) electrons. The molecule has 0 aliphatic heterocycles. The van der Waals surface area contributed by atoms with E-state index in [1.807, 2.05) is 78.9 Å². The zero-order valence-electron chi connectivity index (χ0n) is 24.2. The van der Waals surface area contributed by atoms with E-state index in [0.717, 1.165) is 16.7 Å². The van der Waals surface area contributed by atoms with E-state index in [2.05, 4.69) is 59.0 Å². The molecule has 1 amide bonds. The molecule has 0 saturated heterocycles. The van der Waals surface area contributed by atoms with E-state index in [9.17, 15) is 9.59 Å². The van der Waals surface area contributed by atoms with Gasteiger partial charge in [-0.2, -0.15) is 0 Å². The number of nitrogens with two attached hydrogens (primary N) is 1. The van der Waals surface area contributed by atoms with Gasteiger partial charge in [-0.3, -0.25) is 9.59 Å². The highest BCUT2D eigenvalue weighted by Crippen LogP contribution is 2.53. The molecule has 0 spiro atoms. The molecule has 0 bridgehead atoms. The summed E-state index contributed by atoms with van der Waals surface area (Å²) in [6.45, 7) is 13.0. The first-order valence-electron chi connectivity index (χ1n) is 13.7. The lowest BCUT2D eigenvalue weighted by Crippen LogP contribution is -2.60. The molecule has 0 fully saturated rings. The van der Waals surface area contributed by atoms with Crippen LogP contribution in [0.2, 0.25) is 10.1 Å². The highest BCUT2D eigenvalue weighted by molar-refractivity contribution is 6.80. The van der Waals surface area contributed by atoms with Gasteiger partial charge in [0.25, 0.3) is 8.32 Å². The van der Waals surface area contributed by atoms with Crippen molar-refractivity contribution in [3.05, 3.63) is 108 Å². The Morgan fingerprint density at radius 1 is 0.718 bits per heavy atom. The number of benzene rings is 3. The predicted octanol–water partition coefficient (Wildman–Crippen LogP) is 6.15. The molecule has 5 nitrogen and oxygen atoms in total. The summed E-state index contributed by atoms with van der Waals surface area (Å²) >= 11 is 0. The van der Waals surface area contributed by atoms with E-state index in [0.29, 0.717) is 18.9 Å². The highest BCUT2D eigenvalue weighted by atomic mass is 28.4. The van der Waals surface area contributed by atoms with Crippen LogP contribution in [0.5, 0.6) is 0 Å². The van der Waals surface area contributed by atoms with Gasteiger partial charge in [0.2, 0.25) is 5.91 Å². The van der Waals surface area contributed by atoms with Crippen LogP contribution in [-0.4, -0.2) is 32.3 Å². The van der Waals surface area contributed by atoms with Crippen LogP contribution in [0.15, 0.2) is 91.0 Å². The second kappa shape index (κ2) is 12.8. The number of hydrogen-bond acceptors (Lipinski definition) is 4. The molecule has 0 unspecified atom stereocenters. The topological polar surface area (TPSA) is 81.4 Å². The lowest BCUT2D eigenvalue weighted by atomic mass is 10.0. The highest BCUT2D eigenvalue weighted by Gasteiger charge is 2.58. The Labute approximate surface area is 235 Å². The largest absolute Gasteiger partial charge is 0.516 e. The Bertz CT molecular complexity index is 1190. The third-order valence-electron chi connectivity index (χ3n) is 7.51. The Hall–Kier alpha value is -3.22. The van der Waals surface area contributed by atoms with Crippen molar-refractivity contribution in [3.8, 4) is 0 Å². The number of carbonyl (C=O) groups excluding carboxylic acids is 2. The molecule has 208 valence electrons. The van der Waals surface area contributed by atoms with Gasteiger partial charge in [0, 0.05) is 12.5 Å². The second-order valence-corrected chi connectivity index (χ2v) is 17.7. The van der Waals surface area contributed by atoms with Crippen molar-refractivity contribution in [2.75, 3.05) is 0 Å². The third kappa shape index (κ3) is 7.90. The number of carbonyl (C=O) groups is 2. The summed E-state index contributed by atoms with van der Waals surface area (Å²) in [5.74, 6) is -0.759. The van der Waals surface area contributed by atoms with E-state index in [1.54, 1.807) is 0 Å². The van der Waals surface area contributed by atoms with Crippen LogP contribution < -0.4 is 11.1 Å². The third-order valence-corrected chi connectivity index (χ3v) is 13.8. The van der Waals surface area contributed by atoms with Gasteiger partial charge in [0.15, 0.2) is 0 Å². The maximum atomic E-state index is 14.1. The zero-order valence-corrected chi connectivity index (χ0v) is 25.2. The number of nitrogens with one attached hydrogen (secondary N) is 1. The number of hydrogen-bond donors (Lipinski definition) is 2. The van der Waals surface area contributed by atoms with E-state index >= 15 is 0 Å². The molecule has 0 heterocycles. The van der Waals surface area contributed by atoms with Gasteiger partial charge in [0.05, 0.1) is 6.04 Å². The smallest absolute Gasteiger partial charge is 0.315 e. The van der Waals surface area contributed by atoms with E-state index in [-0.39, 0.29) is 16.0 Å². The maximum absolute atomic E-state index is 14.1. The van der Waals surface area contributed by atoms with Gasteiger partial charge in [-0.05, 0) is 33.2 Å².